The molecule has 0 aromatic heterocycles. The Hall–Kier alpha value is -0.680. The Labute approximate surface area is 102 Å². The van der Waals surface area contributed by atoms with E-state index in [2.05, 4.69) is 21.2 Å². The maximum Gasteiger partial charge on any atom is 0.251 e. The third-order valence-corrected chi connectivity index (χ3v) is 2.84. The van der Waals surface area contributed by atoms with Crippen molar-refractivity contribution in [1.82, 2.24) is 5.32 Å². The molecule has 5 heteroatoms. The monoisotopic (exact) mass is 288 g/mol. The lowest BCUT2D eigenvalue weighted by atomic mass is 10.2. The van der Waals surface area contributed by atoms with Crippen molar-refractivity contribution in [2.45, 2.75) is 0 Å². The van der Waals surface area contributed by atoms with Gasteiger partial charge in [-0.3, -0.25) is 4.79 Å². The van der Waals surface area contributed by atoms with Gasteiger partial charge in [0.15, 0.2) is 0 Å². The van der Waals surface area contributed by atoms with Crippen LogP contribution in [-0.4, -0.2) is 24.5 Å². The minimum absolute atomic E-state index is 0.0861. The number of anilines is 1. The van der Waals surface area contributed by atoms with Crippen LogP contribution in [0.15, 0.2) is 22.7 Å². The molecule has 0 fully saturated rings. The summed E-state index contributed by atoms with van der Waals surface area (Å²) in [4.78, 5) is 11.6. The highest BCUT2D eigenvalue weighted by Gasteiger charge is 2.06. The molecule has 0 bridgehead atoms. The van der Waals surface area contributed by atoms with Gasteiger partial charge in [0.1, 0.15) is 0 Å². The van der Waals surface area contributed by atoms with E-state index in [0.29, 0.717) is 17.8 Å². The molecule has 0 spiro atoms. The first-order valence-electron chi connectivity index (χ1n) is 4.46. The van der Waals surface area contributed by atoms with Gasteiger partial charge < -0.3 is 11.1 Å². The normalized spacial score (nSPS) is 10.0. The molecule has 0 heterocycles. The third-order valence-electron chi connectivity index (χ3n) is 1.77. The zero-order valence-electron chi connectivity index (χ0n) is 8.42. The van der Waals surface area contributed by atoms with Gasteiger partial charge in [0.05, 0.1) is 0 Å². The van der Waals surface area contributed by atoms with Gasteiger partial charge in [-0.2, -0.15) is 11.8 Å². The molecule has 1 aromatic rings. The number of carbonyl (C=O) groups excluding carboxylic acids is 1. The summed E-state index contributed by atoms with van der Waals surface area (Å²) < 4.78 is 0.817. The summed E-state index contributed by atoms with van der Waals surface area (Å²) in [5.41, 5.74) is 6.81. The summed E-state index contributed by atoms with van der Waals surface area (Å²) in [5.74, 6) is 0.826. The molecule has 0 aliphatic carbocycles. The fourth-order valence-electron chi connectivity index (χ4n) is 1.11. The van der Waals surface area contributed by atoms with Crippen LogP contribution >= 0.6 is 27.7 Å². The lowest BCUT2D eigenvalue weighted by molar-refractivity contribution is 0.0956. The van der Waals surface area contributed by atoms with Crippen molar-refractivity contribution in [3.05, 3.63) is 28.2 Å². The second-order valence-electron chi connectivity index (χ2n) is 3.02. The van der Waals surface area contributed by atoms with Crippen LogP contribution in [0, 0.1) is 0 Å². The van der Waals surface area contributed by atoms with E-state index in [9.17, 15) is 4.79 Å². The van der Waals surface area contributed by atoms with Crippen LogP contribution in [0.5, 0.6) is 0 Å². The largest absolute Gasteiger partial charge is 0.399 e. The summed E-state index contributed by atoms with van der Waals surface area (Å²) in [7, 11) is 0. The molecule has 3 N–H and O–H groups in total. The van der Waals surface area contributed by atoms with E-state index in [-0.39, 0.29) is 5.91 Å². The lowest BCUT2D eigenvalue weighted by Gasteiger charge is -2.05. The topological polar surface area (TPSA) is 55.1 Å². The van der Waals surface area contributed by atoms with Gasteiger partial charge in [0.25, 0.3) is 5.91 Å². The van der Waals surface area contributed by atoms with Gasteiger partial charge in [-0.15, -0.1) is 0 Å². The van der Waals surface area contributed by atoms with Crippen molar-refractivity contribution >= 4 is 39.3 Å². The molecule has 0 radical (unpaired) electrons. The predicted octanol–water partition coefficient (Wildman–Crippen LogP) is 2.12. The zero-order valence-corrected chi connectivity index (χ0v) is 10.8. The Morgan fingerprint density at radius 1 is 1.53 bits per heavy atom. The van der Waals surface area contributed by atoms with Crippen LogP contribution in [0.4, 0.5) is 5.69 Å². The minimum Gasteiger partial charge on any atom is -0.399 e. The van der Waals surface area contributed by atoms with E-state index in [1.165, 1.54) is 0 Å². The summed E-state index contributed by atoms with van der Waals surface area (Å²) >= 11 is 5.00. The number of carbonyl (C=O) groups is 1. The highest BCUT2D eigenvalue weighted by molar-refractivity contribution is 9.10. The molecule has 1 amide bonds. The highest BCUT2D eigenvalue weighted by atomic mass is 79.9. The van der Waals surface area contributed by atoms with Crippen LogP contribution in [0.2, 0.25) is 0 Å². The summed E-state index contributed by atoms with van der Waals surface area (Å²) in [6, 6.07) is 5.18. The summed E-state index contributed by atoms with van der Waals surface area (Å²) in [6.45, 7) is 0.673. The molecular weight excluding hydrogens is 276 g/mol. The number of hydrogen-bond donors (Lipinski definition) is 2. The number of amides is 1. The average Bonchev–Trinajstić information content (AvgIpc) is 2.16. The molecular formula is C10H13BrN2OS. The number of benzene rings is 1. The Bertz CT molecular complexity index is 337. The number of nitrogens with one attached hydrogen (secondary N) is 1. The molecule has 1 aromatic carbocycles. The second kappa shape index (κ2) is 6.02. The Morgan fingerprint density at radius 3 is 2.87 bits per heavy atom. The van der Waals surface area contributed by atoms with E-state index in [0.717, 1.165) is 10.2 Å². The van der Waals surface area contributed by atoms with E-state index in [4.69, 9.17) is 5.73 Å². The van der Waals surface area contributed by atoms with E-state index < -0.39 is 0 Å². The number of rotatable bonds is 4. The smallest absolute Gasteiger partial charge is 0.251 e. The third kappa shape index (κ3) is 4.13. The fourth-order valence-corrected chi connectivity index (χ4v) is 1.93. The molecule has 15 heavy (non-hydrogen) atoms. The number of hydrogen-bond acceptors (Lipinski definition) is 3. The number of halogens is 1. The lowest BCUT2D eigenvalue weighted by Crippen LogP contribution is -2.25. The summed E-state index contributed by atoms with van der Waals surface area (Å²) in [5, 5.41) is 2.82. The quantitative estimate of drug-likeness (QED) is 0.659. The molecule has 0 aliphatic heterocycles. The van der Waals surface area contributed by atoms with E-state index >= 15 is 0 Å². The Balaban J connectivity index is 2.65. The van der Waals surface area contributed by atoms with Crippen molar-refractivity contribution in [2.75, 3.05) is 24.3 Å². The SMILES string of the molecule is CSCCNC(=O)c1cc(N)cc(Br)c1. The fraction of sp³-hybridized carbons (Fsp3) is 0.300. The van der Waals surface area contributed by atoms with E-state index in [1.54, 1.807) is 30.0 Å². The van der Waals surface area contributed by atoms with Gasteiger partial charge in [-0.25, -0.2) is 0 Å². The molecule has 82 valence electrons. The highest BCUT2D eigenvalue weighted by Crippen LogP contribution is 2.17. The Morgan fingerprint density at radius 2 is 2.27 bits per heavy atom. The van der Waals surface area contributed by atoms with Crippen LogP contribution in [0.25, 0.3) is 0 Å². The minimum atomic E-state index is -0.0861. The first-order chi connectivity index (χ1) is 7.13. The van der Waals surface area contributed by atoms with Gasteiger partial charge >= 0.3 is 0 Å². The standard InChI is InChI=1S/C10H13BrN2OS/c1-15-3-2-13-10(14)7-4-8(11)6-9(12)5-7/h4-6H,2-3,12H2,1H3,(H,13,14). The molecule has 3 nitrogen and oxygen atoms in total. The van der Waals surface area contributed by atoms with Gasteiger partial charge in [0, 0.05) is 28.0 Å². The second-order valence-corrected chi connectivity index (χ2v) is 4.92. The van der Waals surface area contributed by atoms with Crippen LogP contribution in [0.3, 0.4) is 0 Å². The maximum absolute atomic E-state index is 11.6. The molecule has 1 rings (SSSR count). The molecule has 0 saturated heterocycles. The van der Waals surface area contributed by atoms with Gasteiger partial charge in [-0.05, 0) is 24.5 Å². The molecule has 0 unspecified atom stereocenters. The van der Waals surface area contributed by atoms with Crippen molar-refractivity contribution in [1.29, 1.82) is 0 Å². The van der Waals surface area contributed by atoms with Crippen molar-refractivity contribution in [3.63, 3.8) is 0 Å². The molecule has 0 saturated carbocycles. The summed E-state index contributed by atoms with van der Waals surface area (Å²) in [6.07, 6.45) is 2.00. The first kappa shape index (κ1) is 12.4. The van der Waals surface area contributed by atoms with Crippen molar-refractivity contribution in [3.8, 4) is 0 Å². The average molecular weight is 289 g/mol. The number of thioether (sulfide) groups is 1. The predicted molar refractivity (Wildman–Crippen MR) is 69.3 cm³/mol. The Kier molecular flexibility index (Phi) is 4.98. The van der Waals surface area contributed by atoms with Crippen LogP contribution in [-0.2, 0) is 0 Å². The molecule has 0 aliphatic rings. The van der Waals surface area contributed by atoms with E-state index in [1.807, 2.05) is 6.26 Å². The van der Waals surface area contributed by atoms with Crippen LogP contribution < -0.4 is 11.1 Å². The van der Waals surface area contributed by atoms with Gasteiger partial charge in [0.2, 0.25) is 0 Å². The zero-order chi connectivity index (χ0) is 11.3. The number of nitrogen functional groups attached to an aromatic ring is 1. The van der Waals surface area contributed by atoms with Crippen molar-refractivity contribution < 1.29 is 4.79 Å². The number of nitrogens with two attached hydrogens (primary N) is 1. The first-order valence-corrected chi connectivity index (χ1v) is 6.65. The molecule has 0 atom stereocenters. The maximum atomic E-state index is 11.6. The van der Waals surface area contributed by atoms with Gasteiger partial charge in [-0.1, -0.05) is 15.9 Å². The van der Waals surface area contributed by atoms with Crippen LogP contribution in [0.1, 0.15) is 10.4 Å². The van der Waals surface area contributed by atoms with Crippen molar-refractivity contribution in [2.24, 2.45) is 0 Å².